The predicted molar refractivity (Wildman–Crippen MR) is 158 cm³/mol. The summed E-state index contributed by atoms with van der Waals surface area (Å²) < 4.78 is 0. The number of rotatable bonds is 28. The third-order valence-corrected chi connectivity index (χ3v) is 11.4. The summed E-state index contributed by atoms with van der Waals surface area (Å²) in [6, 6.07) is 0. The zero-order valence-corrected chi connectivity index (χ0v) is 26.4. The van der Waals surface area contributed by atoms with Crippen molar-refractivity contribution in [2.24, 2.45) is 0 Å². The summed E-state index contributed by atoms with van der Waals surface area (Å²) in [6.07, 6.45) is 40.2. The van der Waals surface area contributed by atoms with Crippen LogP contribution in [0.15, 0.2) is 0 Å². The first kappa shape index (κ1) is 33.5. The molecule has 200 valence electrons. The van der Waals surface area contributed by atoms with Gasteiger partial charge in [0, 0.05) is 0 Å². The molecule has 0 aromatic carbocycles. The van der Waals surface area contributed by atoms with Crippen molar-refractivity contribution in [2.45, 2.75) is 203 Å². The van der Waals surface area contributed by atoms with E-state index >= 15 is 0 Å². The third-order valence-electron chi connectivity index (χ3n) is 7.53. The van der Waals surface area contributed by atoms with Gasteiger partial charge in [0.15, 0.2) is 0 Å². The zero-order chi connectivity index (χ0) is 24.3. The summed E-state index contributed by atoms with van der Waals surface area (Å²) in [7, 11) is 0. The van der Waals surface area contributed by atoms with Gasteiger partial charge in [-0.25, -0.2) is 0 Å². The molecule has 0 atom stereocenters. The summed E-state index contributed by atoms with van der Waals surface area (Å²) in [5.41, 5.74) is 0. The molecule has 1 heteroatoms. The van der Waals surface area contributed by atoms with Crippen LogP contribution in [0.5, 0.6) is 0 Å². The molecule has 0 radical (unpaired) electrons. The summed E-state index contributed by atoms with van der Waals surface area (Å²) in [6.45, 7) is 2.31. The van der Waals surface area contributed by atoms with Gasteiger partial charge in [-0.2, -0.15) is 0 Å². The van der Waals surface area contributed by atoms with Crippen LogP contribution in [0, 0.1) is 0 Å². The zero-order valence-electron chi connectivity index (χ0n) is 24.3. The molecule has 0 fully saturated rings. The second-order valence-corrected chi connectivity index (χ2v) is 24.3. The van der Waals surface area contributed by atoms with Crippen molar-refractivity contribution < 1.29 is 0 Å². The van der Waals surface area contributed by atoms with Crippen LogP contribution in [0.4, 0.5) is 0 Å². The van der Waals surface area contributed by atoms with Crippen molar-refractivity contribution in [2.75, 3.05) is 0 Å². The SMILES string of the molecule is CCCCCCCCCCCCCCCCCCCCCCCCCCCC[CH2][Ge]([CH3])([CH3])[CH3]. The summed E-state index contributed by atoms with van der Waals surface area (Å²) in [5, 5.41) is 1.58. The van der Waals surface area contributed by atoms with Crippen molar-refractivity contribution in [3.05, 3.63) is 0 Å². The standard InChI is InChI=1S/C32H68Ge/c1-5-6-7-8-9-10-11-12-13-14-15-16-17-18-19-20-21-22-23-24-25-26-27-28-29-30-31-32-33(2,3)4/h5-32H2,1-4H3. The fraction of sp³-hybridized carbons (Fsp3) is 1.00. The van der Waals surface area contributed by atoms with Crippen LogP contribution < -0.4 is 0 Å². The Kier molecular flexibility index (Phi) is 27.6. The normalized spacial score (nSPS) is 12.0. The van der Waals surface area contributed by atoms with Gasteiger partial charge in [0.1, 0.15) is 0 Å². The molecule has 0 N–H and O–H groups in total. The van der Waals surface area contributed by atoms with E-state index in [4.69, 9.17) is 0 Å². The molecule has 0 aromatic rings. The van der Waals surface area contributed by atoms with Crippen LogP contribution in [-0.4, -0.2) is 13.3 Å². The van der Waals surface area contributed by atoms with Gasteiger partial charge < -0.3 is 0 Å². The van der Waals surface area contributed by atoms with E-state index in [1.54, 1.807) is 5.25 Å². The summed E-state index contributed by atoms with van der Waals surface area (Å²) in [4.78, 5) is 0. The first-order valence-corrected chi connectivity index (χ1v) is 23.8. The minimum absolute atomic E-state index is 1.24. The Morgan fingerprint density at radius 1 is 0.273 bits per heavy atom. The van der Waals surface area contributed by atoms with Crippen molar-refractivity contribution >= 4 is 13.3 Å². The molecule has 33 heavy (non-hydrogen) atoms. The first-order valence-electron chi connectivity index (χ1n) is 16.1. The van der Waals surface area contributed by atoms with E-state index < -0.39 is 13.3 Å². The predicted octanol–water partition coefficient (Wildman–Crippen LogP) is 12.9. The van der Waals surface area contributed by atoms with Gasteiger partial charge >= 0.3 is 106 Å². The van der Waals surface area contributed by atoms with Crippen molar-refractivity contribution in [3.8, 4) is 0 Å². The van der Waals surface area contributed by atoms with Gasteiger partial charge in [-0.1, -0.05) is 110 Å². The van der Waals surface area contributed by atoms with Crippen LogP contribution in [0.2, 0.25) is 22.5 Å². The van der Waals surface area contributed by atoms with Gasteiger partial charge in [-0.3, -0.25) is 0 Å². The molecule has 0 aliphatic rings. The molecule has 0 spiro atoms. The monoisotopic (exact) mass is 526 g/mol. The van der Waals surface area contributed by atoms with Crippen LogP contribution >= 0.6 is 0 Å². The van der Waals surface area contributed by atoms with Gasteiger partial charge in [0.25, 0.3) is 0 Å². The molecule has 0 unspecified atom stereocenters. The van der Waals surface area contributed by atoms with Crippen molar-refractivity contribution in [1.82, 2.24) is 0 Å². The van der Waals surface area contributed by atoms with Crippen molar-refractivity contribution in [1.29, 1.82) is 0 Å². The molecule has 0 aromatic heterocycles. The summed E-state index contributed by atoms with van der Waals surface area (Å²) >= 11 is -1.24. The first-order chi connectivity index (χ1) is 16.1. The van der Waals surface area contributed by atoms with E-state index in [9.17, 15) is 0 Å². The van der Waals surface area contributed by atoms with E-state index in [1.165, 1.54) is 173 Å². The Labute approximate surface area is 215 Å². The van der Waals surface area contributed by atoms with E-state index in [1.807, 2.05) is 0 Å². The molecular weight excluding hydrogens is 457 g/mol. The van der Waals surface area contributed by atoms with E-state index in [0.29, 0.717) is 0 Å². The van der Waals surface area contributed by atoms with Gasteiger partial charge in [-0.15, -0.1) is 0 Å². The van der Waals surface area contributed by atoms with Gasteiger partial charge in [-0.05, 0) is 0 Å². The van der Waals surface area contributed by atoms with E-state index in [-0.39, 0.29) is 0 Å². The molecule has 0 saturated heterocycles. The van der Waals surface area contributed by atoms with Gasteiger partial charge in [0.05, 0.1) is 0 Å². The molecule has 0 rings (SSSR count). The van der Waals surface area contributed by atoms with Crippen LogP contribution in [0.25, 0.3) is 0 Å². The number of hydrogen-bond acceptors (Lipinski definition) is 0. The average Bonchev–Trinajstić information content (AvgIpc) is 2.78. The molecule has 0 amide bonds. The molecular formula is C32H68Ge. The van der Waals surface area contributed by atoms with Gasteiger partial charge in [0.2, 0.25) is 0 Å². The Bertz CT molecular complexity index is 343. The molecule has 0 aliphatic carbocycles. The molecule has 0 bridgehead atoms. The average molecular weight is 526 g/mol. The molecule has 0 heterocycles. The number of hydrogen-bond donors (Lipinski definition) is 0. The Morgan fingerprint density at radius 2 is 0.455 bits per heavy atom. The molecule has 0 nitrogen and oxygen atoms in total. The van der Waals surface area contributed by atoms with Crippen LogP contribution in [0.3, 0.4) is 0 Å². The van der Waals surface area contributed by atoms with Crippen molar-refractivity contribution in [3.63, 3.8) is 0 Å². The fourth-order valence-electron chi connectivity index (χ4n) is 5.15. The second-order valence-electron chi connectivity index (χ2n) is 12.5. The van der Waals surface area contributed by atoms with E-state index in [2.05, 4.69) is 24.2 Å². The number of unbranched alkanes of at least 4 members (excludes halogenated alkanes) is 26. The second kappa shape index (κ2) is 27.1. The Balaban J connectivity index is 3.03. The van der Waals surface area contributed by atoms with Crippen LogP contribution in [0.1, 0.15) is 180 Å². The topological polar surface area (TPSA) is 0 Å². The molecule has 0 aliphatic heterocycles. The minimum atomic E-state index is -1.24. The third kappa shape index (κ3) is 32.5. The maximum atomic E-state index is 2.56. The maximum absolute atomic E-state index is 2.56. The Hall–Kier alpha value is 0.543. The molecule has 0 saturated carbocycles. The van der Waals surface area contributed by atoms with E-state index in [0.717, 1.165) is 0 Å². The summed E-state index contributed by atoms with van der Waals surface area (Å²) in [5.74, 6) is 7.67. The van der Waals surface area contributed by atoms with Crippen LogP contribution in [-0.2, 0) is 0 Å². The quantitative estimate of drug-likeness (QED) is 0.0704. The Morgan fingerprint density at radius 3 is 0.636 bits per heavy atom. The fourth-order valence-corrected chi connectivity index (χ4v) is 7.90.